The van der Waals surface area contributed by atoms with Gasteiger partial charge in [0, 0.05) is 12.3 Å². The minimum Gasteiger partial charge on any atom is -0.299 e. The molecule has 0 saturated carbocycles. The minimum absolute atomic E-state index is 0.309. The molecule has 0 spiro atoms. The number of terminal acetylenes is 1. The molecule has 2 nitrogen and oxygen atoms in total. The van der Waals surface area contributed by atoms with Crippen molar-refractivity contribution >= 4 is 5.78 Å². The lowest BCUT2D eigenvalue weighted by Crippen LogP contribution is -2.36. The number of Topliss-reactive ketones (excluding diaryl/α,β-unsaturated/α-hetero) is 1. The number of hydrogen-bond donors (Lipinski definition) is 0. The predicted molar refractivity (Wildman–Crippen MR) is 57.9 cm³/mol. The lowest BCUT2D eigenvalue weighted by atomic mass is 9.90. The fourth-order valence-electron chi connectivity index (χ4n) is 1.99. The van der Waals surface area contributed by atoms with E-state index >= 15 is 0 Å². The van der Waals surface area contributed by atoms with Crippen LogP contribution in [0.15, 0.2) is 0 Å². The van der Waals surface area contributed by atoms with Gasteiger partial charge in [0.1, 0.15) is 5.78 Å². The van der Waals surface area contributed by atoms with Crippen molar-refractivity contribution < 1.29 is 4.79 Å². The Morgan fingerprint density at radius 3 is 2.64 bits per heavy atom. The van der Waals surface area contributed by atoms with E-state index in [4.69, 9.17) is 6.42 Å². The first-order valence-electron chi connectivity index (χ1n) is 5.46. The van der Waals surface area contributed by atoms with Crippen LogP contribution in [-0.4, -0.2) is 30.3 Å². The molecule has 0 radical (unpaired) electrons. The Morgan fingerprint density at radius 2 is 2.14 bits per heavy atom. The number of hydrogen-bond acceptors (Lipinski definition) is 2. The van der Waals surface area contributed by atoms with E-state index in [0.29, 0.717) is 11.7 Å². The van der Waals surface area contributed by atoms with Crippen LogP contribution in [0.3, 0.4) is 0 Å². The van der Waals surface area contributed by atoms with Crippen molar-refractivity contribution in [3.05, 3.63) is 0 Å². The highest BCUT2D eigenvalue weighted by Gasteiger charge is 2.23. The maximum atomic E-state index is 11.6. The van der Waals surface area contributed by atoms with Crippen LogP contribution >= 0.6 is 0 Å². The third kappa shape index (κ3) is 3.16. The van der Waals surface area contributed by atoms with Crippen LogP contribution in [0.5, 0.6) is 0 Å². The molecule has 1 fully saturated rings. The van der Waals surface area contributed by atoms with Gasteiger partial charge in [-0.15, -0.1) is 6.42 Å². The minimum atomic E-state index is 0.309. The summed E-state index contributed by atoms with van der Waals surface area (Å²) in [4.78, 5) is 13.8. The summed E-state index contributed by atoms with van der Waals surface area (Å²) in [6, 6.07) is 0. The van der Waals surface area contributed by atoms with Crippen molar-refractivity contribution in [3.8, 4) is 12.3 Å². The molecule has 0 aromatic rings. The van der Waals surface area contributed by atoms with E-state index in [1.165, 1.54) is 0 Å². The van der Waals surface area contributed by atoms with Gasteiger partial charge in [0.05, 0.1) is 6.54 Å². The number of ketones is 1. The van der Waals surface area contributed by atoms with Gasteiger partial charge in [0.25, 0.3) is 0 Å². The number of piperidine rings is 1. The van der Waals surface area contributed by atoms with E-state index in [-0.39, 0.29) is 0 Å². The highest BCUT2D eigenvalue weighted by atomic mass is 16.1. The summed E-state index contributed by atoms with van der Waals surface area (Å²) >= 11 is 0. The molecule has 78 valence electrons. The van der Waals surface area contributed by atoms with Crippen LogP contribution in [0.1, 0.15) is 32.6 Å². The monoisotopic (exact) mass is 193 g/mol. The zero-order chi connectivity index (χ0) is 10.4. The van der Waals surface area contributed by atoms with Crippen molar-refractivity contribution in [1.29, 1.82) is 0 Å². The number of likely N-dealkylation sites (tertiary alicyclic amines) is 1. The smallest absolute Gasteiger partial charge is 0.136 e. The van der Waals surface area contributed by atoms with E-state index in [9.17, 15) is 4.79 Å². The van der Waals surface area contributed by atoms with Gasteiger partial charge < -0.3 is 0 Å². The highest BCUT2D eigenvalue weighted by Crippen LogP contribution is 2.19. The van der Waals surface area contributed by atoms with Crippen molar-refractivity contribution in [3.63, 3.8) is 0 Å². The third-order valence-electron chi connectivity index (χ3n) is 2.85. The summed E-state index contributed by atoms with van der Waals surface area (Å²) in [5.74, 6) is 3.41. The van der Waals surface area contributed by atoms with Crippen molar-refractivity contribution in [1.82, 2.24) is 4.90 Å². The Labute approximate surface area is 86.7 Å². The maximum Gasteiger partial charge on any atom is 0.136 e. The average Bonchev–Trinajstić information content (AvgIpc) is 2.20. The molecular weight excluding hydrogens is 174 g/mol. The largest absolute Gasteiger partial charge is 0.299 e. The first-order valence-corrected chi connectivity index (χ1v) is 5.46. The van der Waals surface area contributed by atoms with Gasteiger partial charge in [-0.3, -0.25) is 9.69 Å². The summed E-state index contributed by atoms with van der Waals surface area (Å²) in [5.41, 5.74) is 0. The molecule has 0 atom stereocenters. The standard InChI is InChI=1S/C12H19NO/c1-3-5-12(14)11-6-9-13(8-4-2)10-7-11/h2,11H,3,5-10H2,1H3. The Balaban J connectivity index is 2.28. The lowest BCUT2D eigenvalue weighted by Gasteiger charge is -2.29. The summed E-state index contributed by atoms with van der Waals surface area (Å²) in [7, 11) is 0. The Kier molecular flexibility index (Phi) is 4.69. The van der Waals surface area contributed by atoms with Crippen LogP contribution in [0, 0.1) is 18.3 Å². The van der Waals surface area contributed by atoms with Gasteiger partial charge in [-0.2, -0.15) is 0 Å². The SMILES string of the molecule is C#CCN1CCC(C(=O)CCC)CC1. The molecule has 1 heterocycles. The van der Waals surface area contributed by atoms with Gasteiger partial charge >= 0.3 is 0 Å². The zero-order valence-corrected chi connectivity index (χ0v) is 8.96. The second kappa shape index (κ2) is 5.82. The van der Waals surface area contributed by atoms with E-state index in [1.807, 2.05) is 0 Å². The molecule has 0 N–H and O–H groups in total. The Hall–Kier alpha value is -0.810. The molecule has 0 aromatic heterocycles. The van der Waals surface area contributed by atoms with Crippen molar-refractivity contribution in [2.24, 2.45) is 5.92 Å². The van der Waals surface area contributed by atoms with E-state index in [2.05, 4.69) is 17.7 Å². The molecule has 1 aliphatic heterocycles. The Bertz CT molecular complexity index is 221. The van der Waals surface area contributed by atoms with Crippen LogP contribution < -0.4 is 0 Å². The van der Waals surface area contributed by atoms with Crippen LogP contribution in [-0.2, 0) is 4.79 Å². The second-order valence-corrected chi connectivity index (χ2v) is 3.97. The quantitative estimate of drug-likeness (QED) is 0.633. The van der Waals surface area contributed by atoms with E-state index in [0.717, 1.165) is 45.3 Å². The molecule has 0 aliphatic carbocycles. The van der Waals surface area contributed by atoms with Crippen LogP contribution in [0.2, 0.25) is 0 Å². The lowest BCUT2D eigenvalue weighted by molar-refractivity contribution is -0.124. The summed E-state index contributed by atoms with van der Waals surface area (Å²) < 4.78 is 0. The first kappa shape index (κ1) is 11.3. The highest BCUT2D eigenvalue weighted by molar-refractivity contribution is 5.81. The first-order chi connectivity index (χ1) is 6.77. The van der Waals surface area contributed by atoms with E-state index < -0.39 is 0 Å². The van der Waals surface area contributed by atoms with Gasteiger partial charge in [0.2, 0.25) is 0 Å². The second-order valence-electron chi connectivity index (χ2n) is 3.97. The number of carbonyl (C=O) groups is 1. The van der Waals surface area contributed by atoms with E-state index in [1.54, 1.807) is 0 Å². The molecule has 0 aromatic carbocycles. The van der Waals surface area contributed by atoms with Crippen molar-refractivity contribution in [2.45, 2.75) is 32.6 Å². The molecule has 2 heteroatoms. The maximum absolute atomic E-state index is 11.6. The number of rotatable bonds is 4. The molecular formula is C12H19NO. The molecule has 1 rings (SSSR count). The Morgan fingerprint density at radius 1 is 1.50 bits per heavy atom. The summed E-state index contributed by atoms with van der Waals surface area (Å²) in [6.07, 6.45) is 8.97. The molecule has 1 saturated heterocycles. The predicted octanol–water partition coefficient (Wildman–Crippen LogP) is 1.70. The van der Waals surface area contributed by atoms with Gasteiger partial charge in [-0.05, 0) is 32.4 Å². The van der Waals surface area contributed by atoms with Gasteiger partial charge in [-0.25, -0.2) is 0 Å². The topological polar surface area (TPSA) is 20.3 Å². The number of carbonyl (C=O) groups excluding carboxylic acids is 1. The molecule has 0 amide bonds. The zero-order valence-electron chi connectivity index (χ0n) is 8.96. The molecule has 1 aliphatic rings. The summed E-state index contributed by atoms with van der Waals surface area (Å²) in [5, 5.41) is 0. The van der Waals surface area contributed by atoms with Crippen LogP contribution in [0.25, 0.3) is 0 Å². The molecule has 0 bridgehead atoms. The molecule has 0 unspecified atom stereocenters. The third-order valence-corrected chi connectivity index (χ3v) is 2.85. The normalized spacial score (nSPS) is 19.1. The van der Waals surface area contributed by atoms with Crippen molar-refractivity contribution in [2.75, 3.05) is 19.6 Å². The number of nitrogens with zero attached hydrogens (tertiary/aromatic N) is 1. The molecule has 14 heavy (non-hydrogen) atoms. The van der Waals surface area contributed by atoms with Crippen LogP contribution in [0.4, 0.5) is 0 Å². The average molecular weight is 193 g/mol. The van der Waals surface area contributed by atoms with Gasteiger partial charge in [-0.1, -0.05) is 12.8 Å². The fraction of sp³-hybridized carbons (Fsp3) is 0.750. The fourth-order valence-corrected chi connectivity index (χ4v) is 1.99. The summed E-state index contributed by atoms with van der Waals surface area (Å²) in [6.45, 7) is 4.77. The van der Waals surface area contributed by atoms with Gasteiger partial charge in [0.15, 0.2) is 0 Å².